The average Bonchev–Trinajstić information content (AvgIpc) is 2.40. The van der Waals surface area contributed by atoms with E-state index in [1.165, 1.54) is 7.05 Å². The van der Waals surface area contributed by atoms with Gasteiger partial charge in [-0.25, -0.2) is 13.1 Å². The van der Waals surface area contributed by atoms with Gasteiger partial charge in [0.15, 0.2) is 0 Å². The molecule has 6 heteroatoms. The normalized spacial score (nSPS) is 11.5. The molecule has 5 nitrogen and oxygen atoms in total. The van der Waals surface area contributed by atoms with Gasteiger partial charge in [0.05, 0.1) is 5.75 Å². The molecule has 0 aliphatic heterocycles. The highest BCUT2D eigenvalue weighted by Crippen LogP contribution is 2.22. The second kappa shape index (κ2) is 6.77. The van der Waals surface area contributed by atoms with E-state index in [1.54, 1.807) is 0 Å². The van der Waals surface area contributed by atoms with Gasteiger partial charge in [0.25, 0.3) is 0 Å². The number of hydrogen-bond acceptors (Lipinski definition) is 4. The van der Waals surface area contributed by atoms with Crippen LogP contribution in [0.1, 0.15) is 19.4 Å². The summed E-state index contributed by atoms with van der Waals surface area (Å²) in [4.78, 5) is 2.20. The van der Waals surface area contributed by atoms with Crippen molar-refractivity contribution in [3.63, 3.8) is 0 Å². The van der Waals surface area contributed by atoms with Gasteiger partial charge in [-0.15, -0.1) is 0 Å². The molecular formula is C13H23N3O2S. The highest BCUT2D eigenvalue weighted by atomic mass is 32.2. The molecule has 0 heterocycles. The van der Waals surface area contributed by atoms with Crippen LogP contribution in [-0.4, -0.2) is 34.3 Å². The molecular weight excluding hydrogens is 262 g/mol. The van der Waals surface area contributed by atoms with Gasteiger partial charge in [0.2, 0.25) is 10.0 Å². The first kappa shape index (κ1) is 15.8. The Morgan fingerprint density at radius 3 is 2.42 bits per heavy atom. The lowest BCUT2D eigenvalue weighted by molar-refractivity contribution is 0.587. The lowest BCUT2D eigenvalue weighted by Crippen LogP contribution is -2.24. The minimum Gasteiger partial charge on any atom is -0.399 e. The van der Waals surface area contributed by atoms with Crippen LogP contribution in [0.5, 0.6) is 0 Å². The van der Waals surface area contributed by atoms with Crippen molar-refractivity contribution in [3.8, 4) is 0 Å². The number of nitrogen functional groups attached to an aromatic ring is 1. The van der Waals surface area contributed by atoms with Gasteiger partial charge < -0.3 is 10.6 Å². The topological polar surface area (TPSA) is 75.4 Å². The first-order chi connectivity index (χ1) is 8.93. The number of benzene rings is 1. The van der Waals surface area contributed by atoms with Crippen LogP contribution in [0.3, 0.4) is 0 Å². The van der Waals surface area contributed by atoms with E-state index >= 15 is 0 Å². The van der Waals surface area contributed by atoms with Gasteiger partial charge in [-0.05, 0) is 51.1 Å². The summed E-state index contributed by atoms with van der Waals surface area (Å²) < 4.78 is 25.2. The molecule has 0 radical (unpaired) electrons. The molecule has 3 N–H and O–H groups in total. The zero-order valence-electron chi connectivity index (χ0n) is 11.8. The summed E-state index contributed by atoms with van der Waals surface area (Å²) in [5.74, 6) is 0.0510. The van der Waals surface area contributed by atoms with Crippen LogP contribution in [0, 0.1) is 0 Å². The maximum absolute atomic E-state index is 11.5. The summed E-state index contributed by atoms with van der Waals surface area (Å²) in [5, 5.41) is 0. The predicted molar refractivity (Wildman–Crippen MR) is 81.0 cm³/mol. The molecule has 0 amide bonds. The van der Waals surface area contributed by atoms with Crippen molar-refractivity contribution < 1.29 is 8.42 Å². The van der Waals surface area contributed by atoms with E-state index in [1.807, 2.05) is 18.2 Å². The molecule has 0 unspecified atom stereocenters. The van der Waals surface area contributed by atoms with Crippen LogP contribution < -0.4 is 15.4 Å². The van der Waals surface area contributed by atoms with Crippen molar-refractivity contribution in [2.24, 2.45) is 0 Å². The zero-order chi connectivity index (χ0) is 14.5. The Morgan fingerprint density at radius 2 is 1.89 bits per heavy atom. The number of nitrogens with two attached hydrogens (primary N) is 1. The molecule has 0 atom stereocenters. The second-order valence-electron chi connectivity index (χ2n) is 4.33. The summed E-state index contributed by atoms with van der Waals surface area (Å²) in [6.07, 6.45) is 0.421. The van der Waals surface area contributed by atoms with Crippen molar-refractivity contribution >= 4 is 21.4 Å². The van der Waals surface area contributed by atoms with E-state index in [4.69, 9.17) is 5.73 Å². The fraction of sp³-hybridized carbons (Fsp3) is 0.538. The Kier molecular flexibility index (Phi) is 5.62. The van der Waals surface area contributed by atoms with Crippen LogP contribution in [0.25, 0.3) is 0 Å². The smallest absolute Gasteiger partial charge is 0.211 e. The molecule has 19 heavy (non-hydrogen) atoms. The Labute approximate surface area is 115 Å². The van der Waals surface area contributed by atoms with Gasteiger partial charge in [-0.1, -0.05) is 0 Å². The van der Waals surface area contributed by atoms with Gasteiger partial charge in [-0.3, -0.25) is 0 Å². The highest BCUT2D eigenvalue weighted by molar-refractivity contribution is 7.89. The van der Waals surface area contributed by atoms with E-state index in [9.17, 15) is 8.42 Å². The Bertz CT molecular complexity index is 511. The quantitative estimate of drug-likeness (QED) is 0.738. The highest BCUT2D eigenvalue weighted by Gasteiger charge is 2.10. The molecule has 0 aliphatic carbocycles. The third-order valence-electron chi connectivity index (χ3n) is 3.21. The third kappa shape index (κ3) is 4.40. The molecule has 0 fully saturated rings. The molecule has 0 saturated carbocycles. The molecule has 1 rings (SSSR count). The number of anilines is 2. The number of nitrogens with one attached hydrogen (secondary N) is 1. The standard InChI is InChI=1S/C13H23N3O2S/c1-4-16(5-2)12-6-7-13(14)11(10-12)8-9-19(17,18)15-3/h6-7,10,15H,4-5,8-9,14H2,1-3H3. The maximum atomic E-state index is 11.5. The largest absolute Gasteiger partial charge is 0.399 e. The Morgan fingerprint density at radius 1 is 1.26 bits per heavy atom. The van der Waals surface area contributed by atoms with Crippen molar-refractivity contribution in [1.82, 2.24) is 4.72 Å². The van der Waals surface area contributed by atoms with Crippen LogP contribution >= 0.6 is 0 Å². The Hall–Kier alpha value is -1.27. The average molecular weight is 285 g/mol. The second-order valence-corrected chi connectivity index (χ2v) is 6.37. The summed E-state index contributed by atoms with van der Waals surface area (Å²) in [6.45, 7) is 6.00. The van der Waals surface area contributed by atoms with Crippen molar-refractivity contribution in [2.75, 3.05) is 36.5 Å². The fourth-order valence-corrected chi connectivity index (χ4v) is 2.63. The molecule has 1 aromatic carbocycles. The van der Waals surface area contributed by atoms with Crippen LogP contribution in [0.4, 0.5) is 11.4 Å². The van der Waals surface area contributed by atoms with Gasteiger partial charge >= 0.3 is 0 Å². The predicted octanol–water partition coefficient (Wildman–Crippen LogP) is 1.21. The van der Waals surface area contributed by atoms with Gasteiger partial charge in [-0.2, -0.15) is 0 Å². The maximum Gasteiger partial charge on any atom is 0.211 e. The van der Waals surface area contributed by atoms with Crippen molar-refractivity contribution in [2.45, 2.75) is 20.3 Å². The summed E-state index contributed by atoms with van der Waals surface area (Å²) >= 11 is 0. The molecule has 1 aromatic rings. The monoisotopic (exact) mass is 285 g/mol. The van der Waals surface area contributed by atoms with Crippen molar-refractivity contribution in [3.05, 3.63) is 23.8 Å². The molecule has 0 bridgehead atoms. The number of sulfonamides is 1. The molecule has 0 aliphatic rings. The SMILES string of the molecule is CCN(CC)c1ccc(N)c(CCS(=O)(=O)NC)c1. The molecule has 0 saturated heterocycles. The van der Waals surface area contributed by atoms with E-state index in [2.05, 4.69) is 23.5 Å². The van der Waals surface area contributed by atoms with Crippen LogP contribution in [-0.2, 0) is 16.4 Å². The number of rotatable bonds is 7. The minimum absolute atomic E-state index is 0.0510. The molecule has 0 spiro atoms. The van der Waals surface area contributed by atoms with Crippen LogP contribution in [0.15, 0.2) is 18.2 Å². The Balaban J connectivity index is 2.92. The fourth-order valence-electron chi connectivity index (χ4n) is 1.94. The van der Waals surface area contributed by atoms with Gasteiger partial charge in [0.1, 0.15) is 0 Å². The van der Waals surface area contributed by atoms with E-state index in [0.717, 1.165) is 24.3 Å². The minimum atomic E-state index is -3.20. The van der Waals surface area contributed by atoms with E-state index < -0.39 is 10.0 Å². The summed E-state index contributed by atoms with van der Waals surface area (Å²) in [7, 11) is -1.78. The zero-order valence-corrected chi connectivity index (χ0v) is 12.6. The van der Waals surface area contributed by atoms with E-state index in [-0.39, 0.29) is 5.75 Å². The van der Waals surface area contributed by atoms with Crippen molar-refractivity contribution in [1.29, 1.82) is 0 Å². The number of aryl methyl sites for hydroxylation is 1. The molecule has 108 valence electrons. The van der Waals surface area contributed by atoms with Gasteiger partial charge in [0, 0.05) is 24.5 Å². The molecule has 0 aromatic heterocycles. The third-order valence-corrected chi connectivity index (χ3v) is 4.57. The first-order valence-corrected chi connectivity index (χ1v) is 8.13. The lowest BCUT2D eigenvalue weighted by atomic mass is 10.1. The lowest BCUT2D eigenvalue weighted by Gasteiger charge is -2.22. The van der Waals surface area contributed by atoms with Crippen LogP contribution in [0.2, 0.25) is 0 Å². The number of hydrogen-bond donors (Lipinski definition) is 2. The summed E-state index contributed by atoms with van der Waals surface area (Å²) in [5.41, 5.74) is 8.51. The van der Waals surface area contributed by atoms with E-state index in [0.29, 0.717) is 12.1 Å². The first-order valence-electron chi connectivity index (χ1n) is 6.48. The number of nitrogens with zero attached hydrogens (tertiary/aromatic N) is 1. The summed E-state index contributed by atoms with van der Waals surface area (Å²) in [6, 6.07) is 5.79.